The molecule has 1 aliphatic carbocycles. The van der Waals surface area contributed by atoms with E-state index in [1.54, 1.807) is 6.21 Å². The smallest absolute Gasteiger partial charge is 0.272 e. The van der Waals surface area contributed by atoms with Crippen LogP contribution in [0.15, 0.2) is 35.5 Å². The van der Waals surface area contributed by atoms with Crippen LogP contribution in [-0.4, -0.2) is 16.1 Å². The average Bonchev–Trinajstić information content (AvgIpc) is 2.48. The number of allylic oxidation sites excluding steroid dienone is 2. The van der Waals surface area contributed by atoms with Gasteiger partial charge in [0.1, 0.15) is 5.69 Å². The zero-order chi connectivity index (χ0) is 15.2. The lowest BCUT2D eigenvalue weighted by Crippen LogP contribution is -2.04. The Labute approximate surface area is 120 Å². The predicted octanol–water partition coefficient (Wildman–Crippen LogP) is 3.26. The molecule has 0 radical (unpaired) electrons. The second kappa shape index (κ2) is 6.60. The summed E-state index contributed by atoms with van der Waals surface area (Å²) in [6.07, 6.45) is 8.94. The second-order valence-corrected chi connectivity index (χ2v) is 4.63. The molecule has 8 nitrogen and oxygen atoms in total. The molecule has 0 amide bonds. The highest BCUT2D eigenvalue weighted by molar-refractivity contribution is 5.69. The predicted molar refractivity (Wildman–Crippen MR) is 78.3 cm³/mol. The molecular formula is C13H14N4O4. The molecule has 8 heteroatoms. The van der Waals surface area contributed by atoms with Gasteiger partial charge in [-0.25, -0.2) is 0 Å². The number of hydrogen-bond acceptors (Lipinski definition) is 6. The third-order valence-corrected chi connectivity index (χ3v) is 3.13. The number of rotatable bonds is 5. The fourth-order valence-electron chi connectivity index (χ4n) is 2.04. The maximum Gasteiger partial charge on any atom is 0.301 e. The number of hydrogen-bond donors (Lipinski definition) is 1. The summed E-state index contributed by atoms with van der Waals surface area (Å²) in [4.78, 5) is 20.2. The molecule has 1 aromatic rings. The Morgan fingerprint density at radius 1 is 1.29 bits per heavy atom. The molecule has 110 valence electrons. The minimum absolute atomic E-state index is 0.127. The Morgan fingerprint density at radius 2 is 2.10 bits per heavy atom. The number of benzene rings is 1. The SMILES string of the molecule is O=[N+]([O-])c1ccc(N/N=C/[C@H]2C=CCCC2)c([N+](=O)[O-])c1. The lowest BCUT2D eigenvalue weighted by atomic mass is 9.97. The number of nitrogens with zero attached hydrogens (tertiary/aromatic N) is 3. The first-order valence-corrected chi connectivity index (χ1v) is 6.46. The van der Waals surface area contributed by atoms with Crippen LogP contribution in [0.2, 0.25) is 0 Å². The van der Waals surface area contributed by atoms with Crippen molar-refractivity contribution in [3.8, 4) is 0 Å². The van der Waals surface area contributed by atoms with Crippen LogP contribution in [0.3, 0.4) is 0 Å². The Bertz CT molecular complexity index is 612. The van der Waals surface area contributed by atoms with E-state index in [0.29, 0.717) is 0 Å². The molecule has 0 spiro atoms. The minimum Gasteiger partial charge on any atom is -0.272 e. The van der Waals surface area contributed by atoms with Gasteiger partial charge in [0, 0.05) is 18.2 Å². The number of nitro groups is 2. The van der Waals surface area contributed by atoms with Crippen LogP contribution in [0.5, 0.6) is 0 Å². The molecule has 1 aliphatic rings. The molecule has 21 heavy (non-hydrogen) atoms. The Hall–Kier alpha value is -2.77. The molecule has 0 saturated heterocycles. The van der Waals surface area contributed by atoms with E-state index >= 15 is 0 Å². The van der Waals surface area contributed by atoms with Gasteiger partial charge < -0.3 is 0 Å². The topological polar surface area (TPSA) is 111 Å². The van der Waals surface area contributed by atoms with Gasteiger partial charge in [0.2, 0.25) is 0 Å². The molecule has 0 saturated carbocycles. The van der Waals surface area contributed by atoms with E-state index in [1.165, 1.54) is 12.1 Å². The molecule has 0 aliphatic heterocycles. The quantitative estimate of drug-likeness (QED) is 0.387. The van der Waals surface area contributed by atoms with Gasteiger partial charge in [0.25, 0.3) is 5.69 Å². The maximum absolute atomic E-state index is 10.9. The Morgan fingerprint density at radius 3 is 2.71 bits per heavy atom. The molecule has 1 atom stereocenters. The van der Waals surface area contributed by atoms with Gasteiger partial charge in [0.05, 0.1) is 15.9 Å². The maximum atomic E-state index is 10.9. The van der Waals surface area contributed by atoms with Crippen LogP contribution in [0, 0.1) is 26.1 Å². The molecule has 0 bridgehead atoms. The lowest BCUT2D eigenvalue weighted by molar-refractivity contribution is -0.393. The molecule has 0 aromatic heterocycles. The fraction of sp³-hybridized carbons (Fsp3) is 0.308. The van der Waals surface area contributed by atoms with Crippen LogP contribution >= 0.6 is 0 Å². The summed E-state index contributed by atoms with van der Waals surface area (Å²) in [5, 5.41) is 25.6. The van der Waals surface area contributed by atoms with Crippen LogP contribution < -0.4 is 5.43 Å². The van der Waals surface area contributed by atoms with Crippen molar-refractivity contribution in [2.24, 2.45) is 11.0 Å². The summed E-state index contributed by atoms with van der Waals surface area (Å²) >= 11 is 0. The first-order valence-electron chi connectivity index (χ1n) is 6.46. The van der Waals surface area contributed by atoms with E-state index in [-0.39, 0.29) is 23.0 Å². The molecule has 1 N–H and O–H groups in total. The Balaban J connectivity index is 2.13. The van der Waals surface area contributed by atoms with Gasteiger partial charge in [-0.15, -0.1) is 0 Å². The molecule has 0 heterocycles. The number of hydrazone groups is 1. The highest BCUT2D eigenvalue weighted by Crippen LogP contribution is 2.28. The largest absolute Gasteiger partial charge is 0.301 e. The van der Waals surface area contributed by atoms with E-state index in [4.69, 9.17) is 0 Å². The fourth-order valence-corrected chi connectivity index (χ4v) is 2.04. The molecular weight excluding hydrogens is 276 g/mol. The monoisotopic (exact) mass is 290 g/mol. The van der Waals surface area contributed by atoms with Crippen LogP contribution in [0.25, 0.3) is 0 Å². The van der Waals surface area contributed by atoms with Crippen LogP contribution in [0.4, 0.5) is 17.1 Å². The third kappa shape index (κ3) is 3.85. The summed E-state index contributed by atoms with van der Waals surface area (Å²) in [6.45, 7) is 0. The summed E-state index contributed by atoms with van der Waals surface area (Å²) in [5.74, 6) is 0.211. The van der Waals surface area contributed by atoms with Crippen molar-refractivity contribution in [2.45, 2.75) is 19.3 Å². The van der Waals surface area contributed by atoms with Crippen molar-refractivity contribution in [3.63, 3.8) is 0 Å². The minimum atomic E-state index is -0.675. The van der Waals surface area contributed by atoms with Crippen LogP contribution in [0.1, 0.15) is 19.3 Å². The zero-order valence-corrected chi connectivity index (χ0v) is 11.1. The van der Waals surface area contributed by atoms with Crippen molar-refractivity contribution in [1.82, 2.24) is 0 Å². The highest BCUT2D eigenvalue weighted by Gasteiger charge is 2.19. The molecule has 1 aromatic carbocycles. The Kier molecular flexibility index (Phi) is 4.60. The first kappa shape index (κ1) is 14.6. The number of nitro benzene ring substituents is 2. The van der Waals surface area contributed by atoms with Crippen molar-refractivity contribution in [2.75, 3.05) is 5.43 Å². The lowest BCUT2D eigenvalue weighted by Gasteiger charge is -2.10. The summed E-state index contributed by atoms with van der Waals surface area (Å²) < 4.78 is 0. The number of nitrogens with one attached hydrogen (secondary N) is 1. The normalized spacial score (nSPS) is 17.8. The first-order chi connectivity index (χ1) is 10.1. The van der Waals surface area contributed by atoms with E-state index in [0.717, 1.165) is 25.3 Å². The van der Waals surface area contributed by atoms with Gasteiger partial charge in [0.15, 0.2) is 0 Å². The third-order valence-electron chi connectivity index (χ3n) is 3.13. The van der Waals surface area contributed by atoms with Gasteiger partial charge in [-0.05, 0) is 25.3 Å². The van der Waals surface area contributed by atoms with E-state index < -0.39 is 9.85 Å². The van der Waals surface area contributed by atoms with Crippen molar-refractivity contribution >= 4 is 23.3 Å². The summed E-state index contributed by atoms with van der Waals surface area (Å²) in [7, 11) is 0. The van der Waals surface area contributed by atoms with Gasteiger partial charge in [-0.1, -0.05) is 12.2 Å². The standard InChI is InChI=1S/C13H14N4O4/c18-16(19)11-6-7-12(13(8-11)17(20)21)15-14-9-10-4-2-1-3-5-10/h2,4,6-10,15H,1,3,5H2/b14-9+/t10-/m0/s1. The van der Waals surface area contributed by atoms with Crippen molar-refractivity contribution in [3.05, 3.63) is 50.6 Å². The molecule has 0 fully saturated rings. The van der Waals surface area contributed by atoms with Gasteiger partial charge in [-0.2, -0.15) is 5.10 Å². The summed E-state index contributed by atoms with van der Waals surface area (Å²) in [6, 6.07) is 3.40. The highest BCUT2D eigenvalue weighted by atomic mass is 16.6. The van der Waals surface area contributed by atoms with E-state index in [9.17, 15) is 20.2 Å². The average molecular weight is 290 g/mol. The second-order valence-electron chi connectivity index (χ2n) is 4.63. The number of anilines is 1. The summed E-state index contributed by atoms with van der Waals surface area (Å²) in [5.41, 5.74) is 2.00. The number of non-ortho nitro benzene ring substituents is 1. The molecule has 0 unspecified atom stereocenters. The van der Waals surface area contributed by atoms with Gasteiger partial charge in [-0.3, -0.25) is 25.7 Å². The molecule has 2 rings (SSSR count). The zero-order valence-electron chi connectivity index (χ0n) is 11.1. The van der Waals surface area contributed by atoms with Crippen LogP contribution in [-0.2, 0) is 0 Å². The van der Waals surface area contributed by atoms with Crippen molar-refractivity contribution < 1.29 is 9.85 Å². The van der Waals surface area contributed by atoms with E-state index in [1.807, 2.05) is 6.08 Å². The van der Waals surface area contributed by atoms with E-state index in [2.05, 4.69) is 16.6 Å². The van der Waals surface area contributed by atoms with Crippen molar-refractivity contribution in [1.29, 1.82) is 0 Å². The van der Waals surface area contributed by atoms with Gasteiger partial charge >= 0.3 is 5.69 Å².